The number of carbonyl (C=O) groups is 1. The first kappa shape index (κ1) is 15.0. The smallest absolute Gasteiger partial charge is 0.333 e. The van der Waals surface area contributed by atoms with Crippen molar-refractivity contribution in [3.8, 4) is 6.07 Å². The summed E-state index contributed by atoms with van der Waals surface area (Å²) in [7, 11) is 0. The highest BCUT2D eigenvalue weighted by atomic mass is 16.6. The van der Waals surface area contributed by atoms with Crippen molar-refractivity contribution in [2.45, 2.75) is 39.2 Å². The van der Waals surface area contributed by atoms with Crippen molar-refractivity contribution in [1.82, 2.24) is 0 Å². The Bertz CT molecular complexity index is 518. The number of rotatable bonds is 4. The van der Waals surface area contributed by atoms with Crippen LogP contribution < -0.4 is 0 Å². The molecule has 1 aromatic rings. The van der Waals surface area contributed by atoms with E-state index in [-0.39, 0.29) is 5.97 Å². The van der Waals surface area contributed by atoms with E-state index >= 15 is 0 Å². The molecule has 1 rings (SSSR count). The summed E-state index contributed by atoms with van der Waals surface area (Å²) in [6.45, 7) is 9.24. The predicted octanol–water partition coefficient (Wildman–Crippen LogP) is 3.39. The fourth-order valence-electron chi connectivity index (χ4n) is 1.54. The van der Waals surface area contributed by atoms with Crippen molar-refractivity contribution in [3.63, 3.8) is 0 Å². The van der Waals surface area contributed by atoms with E-state index in [2.05, 4.69) is 12.6 Å². The molecule has 1 aromatic carbocycles. The molecule has 0 aliphatic heterocycles. The summed E-state index contributed by atoms with van der Waals surface area (Å²) in [5.74, 6) is -0.357. The van der Waals surface area contributed by atoms with Gasteiger partial charge in [0.2, 0.25) is 0 Å². The molecular weight excluding hydrogens is 238 g/mol. The molecule has 0 saturated carbocycles. The topological polar surface area (TPSA) is 50.1 Å². The van der Waals surface area contributed by atoms with Gasteiger partial charge in [0.15, 0.2) is 0 Å². The molecular formula is C16H19NO2. The SMILES string of the molecule is C=C(CCc1cccc(C#N)c1)C(=O)OC(C)(C)C. The molecule has 0 N–H and O–H groups in total. The van der Waals surface area contributed by atoms with Gasteiger partial charge >= 0.3 is 5.97 Å². The van der Waals surface area contributed by atoms with Crippen LogP contribution >= 0.6 is 0 Å². The Labute approximate surface area is 114 Å². The molecule has 0 spiro atoms. The van der Waals surface area contributed by atoms with Crippen LogP contribution in [0.3, 0.4) is 0 Å². The Morgan fingerprint density at radius 1 is 1.42 bits per heavy atom. The third-order valence-corrected chi connectivity index (χ3v) is 2.46. The van der Waals surface area contributed by atoms with Crippen LogP contribution in [0.15, 0.2) is 36.4 Å². The number of ether oxygens (including phenoxy) is 1. The lowest BCUT2D eigenvalue weighted by Gasteiger charge is -2.20. The van der Waals surface area contributed by atoms with Gasteiger partial charge < -0.3 is 4.74 Å². The number of aryl methyl sites for hydroxylation is 1. The van der Waals surface area contributed by atoms with Crippen LogP contribution in [0.2, 0.25) is 0 Å². The minimum Gasteiger partial charge on any atom is -0.457 e. The van der Waals surface area contributed by atoms with Crippen LogP contribution in [0.1, 0.15) is 38.3 Å². The van der Waals surface area contributed by atoms with Crippen LogP contribution in [0.25, 0.3) is 0 Å². The number of esters is 1. The Morgan fingerprint density at radius 3 is 2.68 bits per heavy atom. The average molecular weight is 257 g/mol. The van der Waals surface area contributed by atoms with Gasteiger partial charge in [0.05, 0.1) is 11.6 Å². The van der Waals surface area contributed by atoms with E-state index in [0.29, 0.717) is 24.0 Å². The molecule has 0 radical (unpaired) electrons. The fraction of sp³-hybridized carbons (Fsp3) is 0.375. The monoisotopic (exact) mass is 257 g/mol. The highest BCUT2D eigenvalue weighted by Gasteiger charge is 2.18. The predicted molar refractivity (Wildman–Crippen MR) is 74.5 cm³/mol. The molecule has 0 amide bonds. The molecule has 3 nitrogen and oxygen atoms in total. The largest absolute Gasteiger partial charge is 0.457 e. The van der Waals surface area contributed by atoms with Gasteiger partial charge in [-0.2, -0.15) is 5.26 Å². The number of hydrogen-bond acceptors (Lipinski definition) is 3. The van der Waals surface area contributed by atoms with Crippen LogP contribution in [0.5, 0.6) is 0 Å². The van der Waals surface area contributed by atoms with Gasteiger partial charge in [0, 0.05) is 5.57 Å². The summed E-state index contributed by atoms with van der Waals surface area (Å²) in [4.78, 5) is 11.7. The van der Waals surface area contributed by atoms with E-state index in [0.717, 1.165) is 5.56 Å². The van der Waals surface area contributed by atoms with E-state index in [1.807, 2.05) is 39.0 Å². The maximum Gasteiger partial charge on any atom is 0.333 e. The Morgan fingerprint density at radius 2 is 2.11 bits per heavy atom. The molecule has 0 aliphatic rings. The van der Waals surface area contributed by atoms with Crippen LogP contribution in [0, 0.1) is 11.3 Å². The highest BCUT2D eigenvalue weighted by Crippen LogP contribution is 2.14. The van der Waals surface area contributed by atoms with Crippen molar-refractivity contribution >= 4 is 5.97 Å². The van der Waals surface area contributed by atoms with Gasteiger partial charge in [-0.25, -0.2) is 4.79 Å². The zero-order valence-electron chi connectivity index (χ0n) is 11.7. The van der Waals surface area contributed by atoms with Crippen molar-refractivity contribution in [3.05, 3.63) is 47.5 Å². The zero-order chi connectivity index (χ0) is 14.5. The Balaban J connectivity index is 2.55. The molecule has 100 valence electrons. The van der Waals surface area contributed by atoms with E-state index < -0.39 is 5.60 Å². The molecule has 19 heavy (non-hydrogen) atoms. The molecule has 0 aromatic heterocycles. The van der Waals surface area contributed by atoms with Crippen LogP contribution in [0.4, 0.5) is 0 Å². The first-order chi connectivity index (χ1) is 8.81. The lowest BCUT2D eigenvalue weighted by molar-refractivity contribution is -0.150. The summed E-state index contributed by atoms with van der Waals surface area (Å²) >= 11 is 0. The van der Waals surface area contributed by atoms with E-state index in [1.165, 1.54) is 0 Å². The van der Waals surface area contributed by atoms with E-state index in [9.17, 15) is 4.79 Å². The number of carbonyl (C=O) groups excluding carboxylic acids is 1. The summed E-state index contributed by atoms with van der Waals surface area (Å²) in [5, 5.41) is 8.81. The van der Waals surface area contributed by atoms with Crippen molar-refractivity contribution in [2.24, 2.45) is 0 Å². The van der Waals surface area contributed by atoms with Crippen LogP contribution in [-0.2, 0) is 16.0 Å². The minimum atomic E-state index is -0.499. The van der Waals surface area contributed by atoms with E-state index in [1.54, 1.807) is 6.07 Å². The second-order valence-corrected chi connectivity index (χ2v) is 5.42. The third-order valence-electron chi connectivity index (χ3n) is 2.46. The van der Waals surface area contributed by atoms with Gasteiger partial charge in [-0.05, 0) is 51.3 Å². The molecule has 0 aliphatic carbocycles. The van der Waals surface area contributed by atoms with Crippen molar-refractivity contribution in [2.75, 3.05) is 0 Å². The minimum absolute atomic E-state index is 0.357. The second-order valence-electron chi connectivity index (χ2n) is 5.42. The molecule has 3 heteroatoms. The molecule has 0 fully saturated rings. The average Bonchev–Trinajstić information content (AvgIpc) is 2.34. The quantitative estimate of drug-likeness (QED) is 0.613. The summed E-state index contributed by atoms with van der Waals surface area (Å²) in [5.41, 5.74) is 1.60. The maximum atomic E-state index is 11.7. The Hall–Kier alpha value is -2.08. The number of benzene rings is 1. The zero-order valence-corrected chi connectivity index (χ0v) is 11.7. The number of nitriles is 1. The van der Waals surface area contributed by atoms with Gasteiger partial charge in [-0.15, -0.1) is 0 Å². The molecule has 0 bridgehead atoms. The summed E-state index contributed by atoms with van der Waals surface area (Å²) < 4.78 is 5.24. The lowest BCUT2D eigenvalue weighted by Crippen LogP contribution is -2.24. The van der Waals surface area contributed by atoms with Gasteiger partial charge in [0.1, 0.15) is 5.60 Å². The summed E-state index contributed by atoms with van der Waals surface area (Å²) in [6.07, 6.45) is 1.21. The summed E-state index contributed by atoms with van der Waals surface area (Å²) in [6, 6.07) is 9.44. The van der Waals surface area contributed by atoms with E-state index in [4.69, 9.17) is 10.00 Å². The second kappa shape index (κ2) is 6.19. The normalized spacial score (nSPS) is 10.6. The highest BCUT2D eigenvalue weighted by molar-refractivity contribution is 5.88. The molecule has 0 atom stereocenters. The molecule has 0 saturated heterocycles. The molecule has 0 heterocycles. The molecule has 0 unspecified atom stereocenters. The van der Waals surface area contributed by atoms with Gasteiger partial charge in [0.25, 0.3) is 0 Å². The lowest BCUT2D eigenvalue weighted by atomic mass is 10.0. The first-order valence-corrected chi connectivity index (χ1v) is 6.22. The Kier molecular flexibility index (Phi) is 4.88. The first-order valence-electron chi connectivity index (χ1n) is 6.22. The number of hydrogen-bond donors (Lipinski definition) is 0. The van der Waals surface area contributed by atoms with Crippen molar-refractivity contribution < 1.29 is 9.53 Å². The van der Waals surface area contributed by atoms with Crippen LogP contribution in [-0.4, -0.2) is 11.6 Å². The van der Waals surface area contributed by atoms with Crippen molar-refractivity contribution in [1.29, 1.82) is 5.26 Å². The van der Waals surface area contributed by atoms with Gasteiger partial charge in [-0.1, -0.05) is 18.7 Å². The fourth-order valence-corrected chi connectivity index (χ4v) is 1.54. The van der Waals surface area contributed by atoms with Gasteiger partial charge in [-0.3, -0.25) is 0 Å². The maximum absolute atomic E-state index is 11.7. The standard InChI is InChI=1S/C16H19NO2/c1-12(15(18)19-16(2,3)4)8-9-13-6-5-7-14(10-13)11-17/h5-7,10H,1,8-9H2,2-4H3. The third kappa shape index (κ3) is 5.39. The number of nitrogens with zero attached hydrogens (tertiary/aromatic N) is 1.